The fourth-order valence-corrected chi connectivity index (χ4v) is 4.75. The van der Waals surface area contributed by atoms with E-state index in [1.807, 2.05) is 48.5 Å². The van der Waals surface area contributed by atoms with Crippen LogP contribution in [0.5, 0.6) is 0 Å². The number of thioether (sulfide) groups is 1. The maximum atomic E-state index is 12.9. The zero-order chi connectivity index (χ0) is 15.1. The van der Waals surface area contributed by atoms with Crippen molar-refractivity contribution < 1.29 is 4.79 Å². The van der Waals surface area contributed by atoms with E-state index < -0.39 is 0 Å². The predicted octanol–water partition coefficient (Wildman–Crippen LogP) is 3.72. The van der Waals surface area contributed by atoms with Crippen LogP contribution in [-0.2, 0) is 0 Å². The molecular weight excluding hydrogens is 292 g/mol. The molecule has 0 radical (unpaired) electrons. The number of carbonyl (C=O) groups is 1. The minimum Gasteiger partial charge on any atom is -0.346 e. The summed E-state index contributed by atoms with van der Waals surface area (Å²) in [5, 5.41) is 9.52. The van der Waals surface area contributed by atoms with E-state index in [0.717, 1.165) is 11.3 Å². The van der Waals surface area contributed by atoms with Crippen molar-refractivity contribution in [3.05, 3.63) is 60.2 Å². The molecule has 2 aliphatic heterocycles. The zero-order valence-corrected chi connectivity index (χ0v) is 12.7. The van der Waals surface area contributed by atoms with Crippen LogP contribution in [0.4, 0.5) is 5.69 Å². The molecule has 0 bridgehead atoms. The average molecular weight is 306 g/mol. The molecule has 0 amide bonds. The van der Waals surface area contributed by atoms with Crippen LogP contribution in [0.15, 0.2) is 59.5 Å². The number of fused-ring (bicyclic) bond motifs is 3. The lowest BCUT2D eigenvalue weighted by molar-refractivity contribution is 0.0961. The third kappa shape index (κ3) is 1.93. The van der Waals surface area contributed by atoms with E-state index in [2.05, 4.69) is 17.0 Å². The van der Waals surface area contributed by atoms with Gasteiger partial charge in [-0.15, -0.1) is 0 Å². The number of hydrogen-bond donors (Lipinski definition) is 0. The number of Topliss-reactive ketones (excluding diaryl/α,β-unsaturated/α-hetero) is 1. The predicted molar refractivity (Wildman–Crippen MR) is 86.8 cm³/mol. The van der Waals surface area contributed by atoms with Crippen LogP contribution >= 0.6 is 11.8 Å². The van der Waals surface area contributed by atoms with Gasteiger partial charge >= 0.3 is 0 Å². The second-order valence-corrected chi connectivity index (χ2v) is 6.76. The fraction of sp³-hybridized carbons (Fsp3) is 0.222. The third-order valence-corrected chi connectivity index (χ3v) is 5.75. The normalized spacial score (nSPS) is 25.4. The zero-order valence-electron chi connectivity index (χ0n) is 11.8. The average Bonchev–Trinajstić information content (AvgIpc) is 3.12. The Morgan fingerprint density at radius 1 is 1.14 bits per heavy atom. The SMILES string of the molecule is N#C[C@@H]1C[C@@H](C(=O)c2ccccc2)N2c3ccccc3S[C@H]12. The summed E-state index contributed by atoms with van der Waals surface area (Å²) in [4.78, 5) is 16.2. The molecule has 2 aromatic rings. The van der Waals surface area contributed by atoms with E-state index in [0.29, 0.717) is 6.42 Å². The third-order valence-electron chi connectivity index (χ3n) is 4.35. The lowest BCUT2D eigenvalue weighted by atomic mass is 9.99. The highest BCUT2D eigenvalue weighted by Gasteiger charge is 2.49. The van der Waals surface area contributed by atoms with E-state index in [4.69, 9.17) is 0 Å². The molecule has 0 aliphatic carbocycles. The van der Waals surface area contributed by atoms with Crippen LogP contribution in [-0.4, -0.2) is 17.2 Å². The number of hydrogen-bond acceptors (Lipinski definition) is 4. The maximum Gasteiger partial charge on any atom is 0.185 e. The van der Waals surface area contributed by atoms with Gasteiger partial charge in [0.1, 0.15) is 0 Å². The second kappa shape index (κ2) is 5.19. The first-order valence-corrected chi connectivity index (χ1v) is 8.20. The smallest absolute Gasteiger partial charge is 0.185 e. The molecule has 0 unspecified atom stereocenters. The van der Waals surface area contributed by atoms with E-state index in [-0.39, 0.29) is 23.1 Å². The van der Waals surface area contributed by atoms with Gasteiger partial charge in [0.25, 0.3) is 0 Å². The van der Waals surface area contributed by atoms with Crippen molar-refractivity contribution in [2.75, 3.05) is 4.90 Å². The minimum atomic E-state index is -0.242. The lowest BCUT2D eigenvalue weighted by Gasteiger charge is -2.25. The largest absolute Gasteiger partial charge is 0.346 e. The highest BCUT2D eigenvalue weighted by atomic mass is 32.2. The van der Waals surface area contributed by atoms with E-state index in [9.17, 15) is 10.1 Å². The summed E-state index contributed by atoms with van der Waals surface area (Å²) < 4.78 is 0. The summed E-state index contributed by atoms with van der Waals surface area (Å²) in [6.07, 6.45) is 0.607. The fourth-order valence-electron chi connectivity index (χ4n) is 3.33. The first-order chi connectivity index (χ1) is 10.8. The van der Waals surface area contributed by atoms with Gasteiger partial charge in [0.2, 0.25) is 0 Å². The van der Waals surface area contributed by atoms with Gasteiger partial charge in [0.05, 0.1) is 29.1 Å². The monoisotopic (exact) mass is 306 g/mol. The van der Waals surface area contributed by atoms with Gasteiger partial charge < -0.3 is 4.90 Å². The molecule has 0 N–H and O–H groups in total. The Hall–Kier alpha value is -2.25. The van der Waals surface area contributed by atoms with Gasteiger partial charge in [0, 0.05) is 10.5 Å². The summed E-state index contributed by atoms with van der Waals surface area (Å²) in [7, 11) is 0. The molecule has 4 rings (SSSR count). The van der Waals surface area contributed by atoms with Crippen molar-refractivity contribution in [3.8, 4) is 6.07 Å². The molecule has 3 atom stereocenters. The topological polar surface area (TPSA) is 44.1 Å². The quantitative estimate of drug-likeness (QED) is 0.793. The van der Waals surface area contributed by atoms with Crippen molar-refractivity contribution in [2.24, 2.45) is 5.92 Å². The number of para-hydroxylation sites is 1. The van der Waals surface area contributed by atoms with Gasteiger partial charge in [-0.25, -0.2) is 0 Å². The van der Waals surface area contributed by atoms with Crippen molar-refractivity contribution in [2.45, 2.75) is 22.7 Å². The van der Waals surface area contributed by atoms with E-state index >= 15 is 0 Å². The van der Waals surface area contributed by atoms with Crippen molar-refractivity contribution in [3.63, 3.8) is 0 Å². The van der Waals surface area contributed by atoms with Gasteiger partial charge in [0.15, 0.2) is 5.78 Å². The van der Waals surface area contributed by atoms with Crippen LogP contribution in [0.3, 0.4) is 0 Å². The molecule has 108 valence electrons. The molecule has 1 fully saturated rings. The molecule has 0 aromatic heterocycles. The molecule has 3 nitrogen and oxygen atoms in total. The van der Waals surface area contributed by atoms with Gasteiger partial charge in [-0.3, -0.25) is 4.79 Å². The number of anilines is 1. The first-order valence-electron chi connectivity index (χ1n) is 7.32. The van der Waals surface area contributed by atoms with Crippen LogP contribution in [0, 0.1) is 17.2 Å². The number of benzene rings is 2. The molecule has 2 aromatic carbocycles. The van der Waals surface area contributed by atoms with Crippen molar-refractivity contribution >= 4 is 23.2 Å². The molecule has 2 aliphatic rings. The van der Waals surface area contributed by atoms with Crippen LogP contribution < -0.4 is 4.90 Å². The summed E-state index contributed by atoms with van der Waals surface area (Å²) in [6.45, 7) is 0. The van der Waals surface area contributed by atoms with E-state index in [1.165, 1.54) is 4.90 Å². The Bertz CT molecular complexity index is 768. The van der Waals surface area contributed by atoms with Crippen LogP contribution in [0.2, 0.25) is 0 Å². The summed E-state index contributed by atoms with van der Waals surface area (Å²) >= 11 is 1.71. The number of nitrogens with zero attached hydrogens (tertiary/aromatic N) is 2. The number of rotatable bonds is 2. The van der Waals surface area contributed by atoms with Crippen molar-refractivity contribution in [1.29, 1.82) is 5.26 Å². The Morgan fingerprint density at radius 2 is 1.86 bits per heavy atom. The molecule has 0 saturated carbocycles. The summed E-state index contributed by atoms with van der Waals surface area (Å²) in [6, 6.07) is 19.6. The Morgan fingerprint density at radius 3 is 2.64 bits per heavy atom. The summed E-state index contributed by atoms with van der Waals surface area (Å²) in [5.41, 5.74) is 1.81. The van der Waals surface area contributed by atoms with Crippen molar-refractivity contribution in [1.82, 2.24) is 0 Å². The van der Waals surface area contributed by atoms with Gasteiger partial charge in [-0.05, 0) is 18.6 Å². The summed E-state index contributed by atoms with van der Waals surface area (Å²) in [5.74, 6) is -0.00397. The van der Waals surface area contributed by atoms with Crippen LogP contribution in [0.25, 0.3) is 0 Å². The lowest BCUT2D eigenvalue weighted by Crippen LogP contribution is -2.38. The molecule has 2 heterocycles. The second-order valence-electron chi connectivity index (χ2n) is 5.60. The molecule has 0 spiro atoms. The molecule has 1 saturated heterocycles. The first kappa shape index (κ1) is 13.4. The van der Waals surface area contributed by atoms with Gasteiger partial charge in [-0.2, -0.15) is 5.26 Å². The van der Waals surface area contributed by atoms with Crippen LogP contribution in [0.1, 0.15) is 16.8 Å². The van der Waals surface area contributed by atoms with Gasteiger partial charge in [-0.1, -0.05) is 54.2 Å². The Labute approximate surface area is 133 Å². The van der Waals surface area contributed by atoms with E-state index in [1.54, 1.807) is 11.8 Å². The number of ketones is 1. The Balaban J connectivity index is 1.75. The minimum absolute atomic E-state index is 0.0556. The number of carbonyl (C=O) groups excluding carboxylic acids is 1. The standard InChI is InChI=1S/C18H14N2OS/c19-11-13-10-15(17(21)12-6-2-1-3-7-12)20-14-8-4-5-9-16(14)22-18(13)20/h1-9,13,15,18H,10H2/t13-,15-,18+/m0/s1. The highest BCUT2D eigenvalue weighted by Crippen LogP contribution is 2.52. The molecular formula is C18H14N2OS. The molecule has 4 heteroatoms. The number of nitriles is 1. The Kier molecular flexibility index (Phi) is 3.16. The highest BCUT2D eigenvalue weighted by molar-refractivity contribution is 8.00. The molecule has 22 heavy (non-hydrogen) atoms. The maximum absolute atomic E-state index is 12.9.